The fourth-order valence-electron chi connectivity index (χ4n) is 0. The minimum Gasteiger partial charge on any atom is -0.430 e. The van der Waals surface area contributed by atoms with Gasteiger partial charge < -0.3 is 14.8 Å². The standard InChI is InChI=1S/C2H4O.BH3O2/c1-2-3;2-1-3/h2H,1H3;1-3H. The fraction of sp³-hybridized carbons (Fsp3) is 0.500. The molecule has 0 fully saturated rings. The number of hydrogen-bond acceptors (Lipinski definition) is 3. The summed E-state index contributed by atoms with van der Waals surface area (Å²) in [5, 5.41) is 14.2. The van der Waals surface area contributed by atoms with Crippen LogP contribution in [0.4, 0.5) is 0 Å². The quantitative estimate of drug-likeness (QED) is 0.279. The van der Waals surface area contributed by atoms with Gasteiger partial charge >= 0.3 is 7.69 Å². The Hall–Kier alpha value is -0.345. The Balaban J connectivity index is 0. The van der Waals surface area contributed by atoms with Crippen LogP contribution in [0, 0.1) is 0 Å². The second-order valence-electron chi connectivity index (χ2n) is 0.377. The number of hydrogen-bond donors (Lipinski definition) is 2. The summed E-state index contributed by atoms with van der Waals surface area (Å²) in [7, 11) is -0.750. The highest BCUT2D eigenvalue weighted by atomic mass is 16.4. The largest absolute Gasteiger partial charge is 0.432 e. The van der Waals surface area contributed by atoms with Gasteiger partial charge in [-0.1, -0.05) is 0 Å². The van der Waals surface area contributed by atoms with Crippen molar-refractivity contribution in [2.24, 2.45) is 0 Å². The molecule has 0 aliphatic rings. The van der Waals surface area contributed by atoms with Crippen molar-refractivity contribution in [3.05, 3.63) is 0 Å². The SMILES string of the molecule is CC=O.OBO. The molecule has 3 nitrogen and oxygen atoms in total. The van der Waals surface area contributed by atoms with E-state index in [0.29, 0.717) is 0 Å². The summed E-state index contributed by atoms with van der Waals surface area (Å²) in [6, 6.07) is 0. The van der Waals surface area contributed by atoms with Crippen LogP contribution in [0.3, 0.4) is 0 Å². The summed E-state index contributed by atoms with van der Waals surface area (Å²) in [5.74, 6) is 0. The molecule has 2 N–H and O–H groups in total. The first-order valence-corrected chi connectivity index (χ1v) is 1.45. The predicted molar refractivity (Wildman–Crippen MR) is 23.3 cm³/mol. The van der Waals surface area contributed by atoms with Crippen LogP contribution in [0.15, 0.2) is 0 Å². The average molecular weight is 89.9 g/mol. The van der Waals surface area contributed by atoms with Crippen molar-refractivity contribution < 1.29 is 14.8 Å². The normalized spacial score (nSPS) is 4.50. The van der Waals surface area contributed by atoms with Gasteiger partial charge in [-0.15, -0.1) is 0 Å². The van der Waals surface area contributed by atoms with Crippen LogP contribution in [0.25, 0.3) is 0 Å². The van der Waals surface area contributed by atoms with Gasteiger partial charge in [0.1, 0.15) is 6.29 Å². The first kappa shape index (κ1) is 9.17. The maximum Gasteiger partial charge on any atom is 0.432 e. The summed E-state index contributed by atoms with van der Waals surface area (Å²) in [4.78, 5) is 8.81. The lowest BCUT2D eigenvalue weighted by molar-refractivity contribution is -0.106. The number of carbonyl (C=O) groups excluding carboxylic acids is 1. The predicted octanol–water partition coefficient (Wildman–Crippen LogP) is -1.56. The third kappa shape index (κ3) is 216. The van der Waals surface area contributed by atoms with E-state index < -0.39 is 7.69 Å². The molecule has 0 radical (unpaired) electrons. The highest BCUT2D eigenvalue weighted by molar-refractivity contribution is 6.13. The molecule has 0 aromatic carbocycles. The monoisotopic (exact) mass is 90.0 g/mol. The Morgan fingerprint density at radius 1 is 1.67 bits per heavy atom. The average Bonchev–Trinajstić information content (AvgIpc) is 1.39. The molecule has 0 rings (SSSR count). The fourth-order valence-corrected chi connectivity index (χ4v) is 0. The lowest BCUT2D eigenvalue weighted by atomic mass is 10.5. The lowest BCUT2D eigenvalue weighted by Gasteiger charge is -1.48. The van der Waals surface area contributed by atoms with E-state index in [2.05, 4.69) is 0 Å². The van der Waals surface area contributed by atoms with Crippen molar-refractivity contribution in [1.82, 2.24) is 0 Å². The zero-order valence-corrected chi connectivity index (χ0v) is 3.59. The molecule has 0 saturated heterocycles. The van der Waals surface area contributed by atoms with Crippen LogP contribution in [0.2, 0.25) is 0 Å². The van der Waals surface area contributed by atoms with Crippen molar-refractivity contribution in [1.29, 1.82) is 0 Å². The summed E-state index contributed by atoms with van der Waals surface area (Å²) < 4.78 is 0. The van der Waals surface area contributed by atoms with E-state index in [4.69, 9.17) is 14.8 Å². The molecule has 6 heavy (non-hydrogen) atoms. The van der Waals surface area contributed by atoms with Crippen LogP contribution in [-0.4, -0.2) is 24.0 Å². The molecular weight excluding hydrogens is 82.8 g/mol. The van der Waals surface area contributed by atoms with Crippen molar-refractivity contribution in [3.8, 4) is 0 Å². The maximum absolute atomic E-state index is 8.81. The van der Waals surface area contributed by atoms with Gasteiger partial charge in [-0.05, 0) is 6.92 Å². The Bertz CT molecular complexity index is 22.8. The molecule has 0 amide bonds. The molecule has 36 valence electrons. The molecule has 0 heterocycles. The molecule has 0 spiro atoms. The van der Waals surface area contributed by atoms with Gasteiger partial charge in [-0.25, -0.2) is 0 Å². The van der Waals surface area contributed by atoms with Crippen LogP contribution < -0.4 is 0 Å². The smallest absolute Gasteiger partial charge is 0.430 e. The van der Waals surface area contributed by atoms with Crippen molar-refractivity contribution in [2.45, 2.75) is 6.92 Å². The summed E-state index contributed by atoms with van der Waals surface area (Å²) in [6.45, 7) is 1.44. The number of aldehydes is 1. The molecule has 0 atom stereocenters. The van der Waals surface area contributed by atoms with Gasteiger partial charge in [0.05, 0.1) is 0 Å². The van der Waals surface area contributed by atoms with E-state index in [1.54, 1.807) is 0 Å². The molecule has 0 saturated carbocycles. The van der Waals surface area contributed by atoms with Crippen LogP contribution in [0.1, 0.15) is 6.92 Å². The van der Waals surface area contributed by atoms with Gasteiger partial charge in [0.15, 0.2) is 0 Å². The van der Waals surface area contributed by atoms with E-state index in [1.807, 2.05) is 0 Å². The molecule has 4 heteroatoms. The minimum absolute atomic E-state index is 0.750. The number of rotatable bonds is 0. The Kier molecular flexibility index (Phi) is 34.7. The van der Waals surface area contributed by atoms with E-state index in [0.717, 1.165) is 6.29 Å². The second kappa shape index (κ2) is 22.7. The molecular formula is C2H7BO3. The Labute approximate surface area is 36.9 Å². The van der Waals surface area contributed by atoms with Gasteiger partial charge in [-0.3, -0.25) is 0 Å². The Morgan fingerprint density at radius 2 is 1.67 bits per heavy atom. The second-order valence-corrected chi connectivity index (χ2v) is 0.377. The van der Waals surface area contributed by atoms with Gasteiger partial charge in [-0.2, -0.15) is 0 Å². The first-order chi connectivity index (χ1) is 2.83. The molecule has 0 aromatic heterocycles. The summed E-state index contributed by atoms with van der Waals surface area (Å²) >= 11 is 0. The van der Waals surface area contributed by atoms with E-state index >= 15 is 0 Å². The van der Waals surface area contributed by atoms with Gasteiger partial charge in [0.25, 0.3) is 0 Å². The van der Waals surface area contributed by atoms with E-state index in [-0.39, 0.29) is 0 Å². The molecule has 0 aromatic rings. The minimum atomic E-state index is -0.750. The van der Waals surface area contributed by atoms with Crippen LogP contribution >= 0.6 is 0 Å². The summed E-state index contributed by atoms with van der Waals surface area (Å²) in [6.07, 6.45) is 0.750. The third-order valence-electron chi connectivity index (χ3n) is 0. The highest BCUT2D eigenvalue weighted by Crippen LogP contribution is 1.13. The van der Waals surface area contributed by atoms with Crippen LogP contribution in [-0.2, 0) is 4.79 Å². The molecule has 0 unspecified atom stereocenters. The van der Waals surface area contributed by atoms with Gasteiger partial charge in [0.2, 0.25) is 0 Å². The lowest BCUT2D eigenvalue weighted by Crippen LogP contribution is -1.75. The van der Waals surface area contributed by atoms with Crippen molar-refractivity contribution in [2.75, 3.05) is 0 Å². The van der Waals surface area contributed by atoms with Crippen molar-refractivity contribution >= 4 is 14.0 Å². The van der Waals surface area contributed by atoms with Gasteiger partial charge in [0, 0.05) is 0 Å². The zero-order chi connectivity index (χ0) is 5.41. The highest BCUT2D eigenvalue weighted by Gasteiger charge is 1.48. The molecule has 0 aliphatic carbocycles. The molecule has 0 bridgehead atoms. The zero-order valence-electron chi connectivity index (χ0n) is 3.59. The topological polar surface area (TPSA) is 57.5 Å². The van der Waals surface area contributed by atoms with Crippen molar-refractivity contribution in [3.63, 3.8) is 0 Å². The number of carbonyl (C=O) groups is 1. The maximum atomic E-state index is 8.81. The van der Waals surface area contributed by atoms with E-state index in [9.17, 15) is 0 Å². The summed E-state index contributed by atoms with van der Waals surface area (Å²) in [5.41, 5.74) is 0. The molecule has 0 aliphatic heterocycles. The van der Waals surface area contributed by atoms with Crippen LogP contribution in [0.5, 0.6) is 0 Å². The Morgan fingerprint density at radius 3 is 1.67 bits per heavy atom. The first-order valence-electron chi connectivity index (χ1n) is 1.45. The van der Waals surface area contributed by atoms with E-state index in [1.165, 1.54) is 6.92 Å². The third-order valence-corrected chi connectivity index (χ3v) is 0.